The lowest BCUT2D eigenvalue weighted by Crippen LogP contribution is -2.24. The van der Waals surface area contributed by atoms with Crippen LogP contribution in [0.5, 0.6) is 0 Å². The SMILES string of the molecule is O=C(O)C(Cl)C(Cl)CCCCl. The molecule has 0 aliphatic rings. The van der Waals surface area contributed by atoms with E-state index in [1.165, 1.54) is 0 Å². The van der Waals surface area contributed by atoms with E-state index in [0.717, 1.165) is 0 Å². The highest BCUT2D eigenvalue weighted by Crippen LogP contribution is 2.16. The minimum absolute atomic E-state index is 0.479. The Kier molecular flexibility index (Phi) is 6.11. The Morgan fingerprint density at radius 2 is 2.00 bits per heavy atom. The molecule has 2 unspecified atom stereocenters. The topological polar surface area (TPSA) is 37.3 Å². The van der Waals surface area contributed by atoms with Crippen LogP contribution in [-0.4, -0.2) is 27.7 Å². The van der Waals surface area contributed by atoms with E-state index in [9.17, 15) is 4.79 Å². The molecule has 0 saturated heterocycles. The van der Waals surface area contributed by atoms with Crippen LogP contribution >= 0.6 is 34.8 Å². The lowest BCUT2D eigenvalue weighted by atomic mass is 10.2. The fraction of sp³-hybridized carbons (Fsp3) is 0.833. The molecule has 2 nitrogen and oxygen atoms in total. The first-order valence-corrected chi connectivity index (χ1v) is 4.57. The van der Waals surface area contributed by atoms with Crippen molar-refractivity contribution in [3.63, 3.8) is 0 Å². The summed E-state index contributed by atoms with van der Waals surface area (Å²) in [5, 5.41) is 6.85. The van der Waals surface area contributed by atoms with Gasteiger partial charge < -0.3 is 5.11 Å². The molecular formula is C6H9Cl3O2. The van der Waals surface area contributed by atoms with Crippen molar-refractivity contribution < 1.29 is 9.90 Å². The van der Waals surface area contributed by atoms with Crippen LogP contribution in [0.1, 0.15) is 12.8 Å². The summed E-state index contributed by atoms with van der Waals surface area (Å²) in [4.78, 5) is 10.3. The normalized spacial score (nSPS) is 15.9. The van der Waals surface area contributed by atoms with Crippen LogP contribution in [0.15, 0.2) is 0 Å². The van der Waals surface area contributed by atoms with Crippen molar-refractivity contribution >= 4 is 40.8 Å². The monoisotopic (exact) mass is 218 g/mol. The van der Waals surface area contributed by atoms with E-state index in [1.54, 1.807) is 0 Å². The number of carbonyl (C=O) groups is 1. The zero-order valence-electron chi connectivity index (χ0n) is 5.77. The summed E-state index contributed by atoms with van der Waals surface area (Å²) in [5.41, 5.74) is 0. The standard InChI is InChI=1S/C6H9Cl3O2/c7-3-1-2-4(8)5(9)6(10)11/h4-5H,1-3H2,(H,10,11). The van der Waals surface area contributed by atoms with Crippen LogP contribution in [0.25, 0.3) is 0 Å². The lowest BCUT2D eigenvalue weighted by Gasteiger charge is -2.10. The minimum atomic E-state index is -1.08. The molecule has 0 aromatic heterocycles. The van der Waals surface area contributed by atoms with Gasteiger partial charge >= 0.3 is 5.97 Å². The van der Waals surface area contributed by atoms with Gasteiger partial charge in [0, 0.05) is 5.88 Å². The van der Waals surface area contributed by atoms with Crippen molar-refractivity contribution in [3.8, 4) is 0 Å². The molecule has 66 valence electrons. The van der Waals surface area contributed by atoms with Gasteiger partial charge in [-0.2, -0.15) is 0 Å². The summed E-state index contributed by atoms with van der Waals surface area (Å²) in [6.07, 6.45) is 1.22. The smallest absolute Gasteiger partial charge is 0.323 e. The molecule has 11 heavy (non-hydrogen) atoms. The zero-order chi connectivity index (χ0) is 8.85. The Hall–Kier alpha value is 0.340. The van der Waals surface area contributed by atoms with Gasteiger partial charge in [0.15, 0.2) is 0 Å². The van der Waals surface area contributed by atoms with Crippen LogP contribution in [-0.2, 0) is 4.79 Å². The van der Waals surface area contributed by atoms with Crippen molar-refractivity contribution in [1.82, 2.24) is 0 Å². The van der Waals surface area contributed by atoms with Crippen molar-refractivity contribution in [3.05, 3.63) is 0 Å². The van der Waals surface area contributed by atoms with Gasteiger partial charge in [-0.15, -0.1) is 34.8 Å². The Balaban J connectivity index is 3.63. The van der Waals surface area contributed by atoms with Gasteiger partial charge in [0.25, 0.3) is 0 Å². The second-order valence-corrected chi connectivity index (χ2v) is 3.50. The molecule has 0 amide bonds. The molecule has 5 heteroatoms. The highest BCUT2D eigenvalue weighted by Gasteiger charge is 2.22. The van der Waals surface area contributed by atoms with Crippen molar-refractivity contribution in [2.75, 3.05) is 5.88 Å². The van der Waals surface area contributed by atoms with E-state index >= 15 is 0 Å². The molecule has 2 atom stereocenters. The van der Waals surface area contributed by atoms with Crippen LogP contribution < -0.4 is 0 Å². The van der Waals surface area contributed by atoms with E-state index < -0.39 is 16.7 Å². The fourth-order valence-corrected chi connectivity index (χ4v) is 1.12. The summed E-state index contributed by atoms with van der Waals surface area (Å²) in [5.74, 6) is -0.604. The number of hydrogen-bond donors (Lipinski definition) is 1. The summed E-state index contributed by atoms with van der Waals surface area (Å²) < 4.78 is 0. The molecule has 0 aliphatic heterocycles. The molecule has 1 N–H and O–H groups in total. The van der Waals surface area contributed by atoms with Gasteiger partial charge in [-0.05, 0) is 12.8 Å². The van der Waals surface area contributed by atoms with Crippen molar-refractivity contribution in [2.24, 2.45) is 0 Å². The molecule has 0 spiro atoms. The highest BCUT2D eigenvalue weighted by atomic mass is 35.5. The van der Waals surface area contributed by atoms with Gasteiger partial charge in [0.05, 0.1) is 5.38 Å². The third kappa shape index (κ3) is 4.72. The molecule has 0 radical (unpaired) electrons. The maximum absolute atomic E-state index is 10.3. The highest BCUT2D eigenvalue weighted by molar-refractivity contribution is 6.36. The Morgan fingerprint density at radius 1 is 1.45 bits per heavy atom. The molecule has 0 aromatic rings. The Labute approximate surface area is 80.4 Å². The molecule has 0 aromatic carbocycles. The van der Waals surface area contributed by atoms with Gasteiger partial charge in [0.1, 0.15) is 5.38 Å². The molecule has 0 rings (SSSR count). The van der Waals surface area contributed by atoms with E-state index in [2.05, 4.69) is 0 Å². The summed E-state index contributed by atoms with van der Waals surface area (Å²) in [6.45, 7) is 0. The number of alkyl halides is 3. The third-order valence-electron chi connectivity index (χ3n) is 1.17. The average Bonchev–Trinajstić information content (AvgIpc) is 1.98. The predicted molar refractivity (Wildman–Crippen MR) is 46.9 cm³/mol. The van der Waals surface area contributed by atoms with Crippen LogP contribution in [0.4, 0.5) is 0 Å². The van der Waals surface area contributed by atoms with Gasteiger partial charge in [-0.3, -0.25) is 4.79 Å². The number of carboxylic acid groups (broad SMARTS) is 1. The third-order valence-corrected chi connectivity index (χ3v) is 2.52. The maximum Gasteiger partial charge on any atom is 0.323 e. The van der Waals surface area contributed by atoms with Gasteiger partial charge in [-0.25, -0.2) is 0 Å². The summed E-state index contributed by atoms with van der Waals surface area (Å²) >= 11 is 16.4. The molecule has 0 aliphatic carbocycles. The summed E-state index contributed by atoms with van der Waals surface area (Å²) in [6, 6.07) is 0. The first-order chi connectivity index (χ1) is 5.09. The number of rotatable bonds is 5. The molecule has 0 fully saturated rings. The number of carboxylic acids is 1. The molecular weight excluding hydrogens is 210 g/mol. The first kappa shape index (κ1) is 11.3. The number of halogens is 3. The van der Waals surface area contributed by atoms with E-state index in [0.29, 0.717) is 18.7 Å². The van der Waals surface area contributed by atoms with Crippen molar-refractivity contribution in [1.29, 1.82) is 0 Å². The van der Waals surface area contributed by atoms with Crippen LogP contribution in [0, 0.1) is 0 Å². The Morgan fingerprint density at radius 3 is 2.36 bits per heavy atom. The number of aliphatic carboxylic acids is 1. The second kappa shape index (κ2) is 5.92. The fourth-order valence-electron chi connectivity index (χ4n) is 0.573. The van der Waals surface area contributed by atoms with Gasteiger partial charge in [0.2, 0.25) is 0 Å². The van der Waals surface area contributed by atoms with Gasteiger partial charge in [-0.1, -0.05) is 0 Å². The zero-order valence-corrected chi connectivity index (χ0v) is 8.03. The lowest BCUT2D eigenvalue weighted by molar-refractivity contribution is -0.136. The first-order valence-electron chi connectivity index (χ1n) is 3.16. The maximum atomic E-state index is 10.3. The molecule has 0 saturated carbocycles. The minimum Gasteiger partial charge on any atom is -0.480 e. The van der Waals surface area contributed by atoms with E-state index in [1.807, 2.05) is 0 Å². The molecule has 0 bridgehead atoms. The number of hydrogen-bond acceptors (Lipinski definition) is 1. The van der Waals surface area contributed by atoms with E-state index in [-0.39, 0.29) is 0 Å². The Bertz CT molecular complexity index is 129. The second-order valence-electron chi connectivity index (χ2n) is 2.09. The molecule has 0 heterocycles. The largest absolute Gasteiger partial charge is 0.480 e. The summed E-state index contributed by atoms with van der Waals surface area (Å²) in [7, 11) is 0. The van der Waals surface area contributed by atoms with Crippen LogP contribution in [0.2, 0.25) is 0 Å². The quantitative estimate of drug-likeness (QED) is 0.721. The predicted octanol–water partition coefficient (Wildman–Crippen LogP) is 2.30. The average molecular weight is 219 g/mol. The van der Waals surface area contributed by atoms with Crippen LogP contribution in [0.3, 0.4) is 0 Å². The van der Waals surface area contributed by atoms with E-state index in [4.69, 9.17) is 39.9 Å². The van der Waals surface area contributed by atoms with Crippen molar-refractivity contribution in [2.45, 2.75) is 23.6 Å².